The van der Waals surface area contributed by atoms with Gasteiger partial charge in [-0.05, 0) is 55.0 Å². The number of methoxy groups -OCH3 is 1. The SMILES string of the molecule is COc1cc(/C=C2\C(=O)NC(=O)N(c3ccccc3)C2=O)ccc1OCC(=O)Nc1ccc(C)cc1. The van der Waals surface area contributed by atoms with E-state index in [1.807, 2.05) is 19.1 Å². The molecule has 0 bridgehead atoms. The van der Waals surface area contributed by atoms with Crippen molar-refractivity contribution >= 4 is 41.2 Å². The van der Waals surface area contributed by atoms with E-state index in [-0.39, 0.29) is 18.1 Å². The Morgan fingerprint density at radius 3 is 2.39 bits per heavy atom. The molecule has 9 nitrogen and oxygen atoms in total. The molecule has 9 heteroatoms. The van der Waals surface area contributed by atoms with Crippen LogP contribution in [0.5, 0.6) is 11.5 Å². The summed E-state index contributed by atoms with van der Waals surface area (Å²) in [6.45, 7) is 1.70. The van der Waals surface area contributed by atoms with E-state index in [0.29, 0.717) is 28.4 Å². The number of hydrogen-bond acceptors (Lipinski definition) is 6. The average Bonchev–Trinajstić information content (AvgIpc) is 2.87. The largest absolute Gasteiger partial charge is 0.493 e. The number of carbonyl (C=O) groups excluding carboxylic acids is 4. The van der Waals surface area contributed by atoms with Gasteiger partial charge in [0.05, 0.1) is 12.8 Å². The number of amides is 5. The predicted molar refractivity (Wildman–Crippen MR) is 134 cm³/mol. The molecule has 1 aliphatic rings. The molecular formula is C27H23N3O6. The molecular weight excluding hydrogens is 462 g/mol. The molecule has 4 rings (SSSR count). The van der Waals surface area contributed by atoms with Crippen LogP contribution in [-0.4, -0.2) is 37.5 Å². The van der Waals surface area contributed by atoms with Crippen LogP contribution in [0.15, 0.2) is 78.4 Å². The molecule has 0 radical (unpaired) electrons. The third-order valence-electron chi connectivity index (χ3n) is 5.31. The van der Waals surface area contributed by atoms with E-state index in [0.717, 1.165) is 10.5 Å². The molecule has 1 heterocycles. The van der Waals surface area contributed by atoms with Gasteiger partial charge in [0.25, 0.3) is 17.7 Å². The van der Waals surface area contributed by atoms with Crippen molar-refractivity contribution in [1.82, 2.24) is 5.32 Å². The third kappa shape index (κ3) is 5.41. The standard InChI is InChI=1S/C27H23N3O6/c1-17-8-11-19(12-9-17)28-24(31)16-36-22-13-10-18(15-23(22)35-2)14-21-25(32)29-27(34)30(26(21)33)20-6-4-3-5-7-20/h3-15H,16H2,1-2H3,(H,28,31)(H,29,32,34)/b21-14+. The Hall–Kier alpha value is -4.92. The first-order valence-corrected chi connectivity index (χ1v) is 11.0. The second-order valence-electron chi connectivity index (χ2n) is 7.91. The van der Waals surface area contributed by atoms with Crippen molar-refractivity contribution in [2.75, 3.05) is 23.9 Å². The van der Waals surface area contributed by atoms with E-state index in [9.17, 15) is 19.2 Å². The number of para-hydroxylation sites is 1. The summed E-state index contributed by atoms with van der Waals surface area (Å²) in [6.07, 6.45) is 1.36. The number of anilines is 2. The highest BCUT2D eigenvalue weighted by atomic mass is 16.5. The normalized spacial score (nSPS) is 14.4. The van der Waals surface area contributed by atoms with Gasteiger partial charge in [0.1, 0.15) is 5.57 Å². The summed E-state index contributed by atoms with van der Waals surface area (Å²) in [4.78, 5) is 50.8. The molecule has 0 atom stereocenters. The molecule has 0 aliphatic carbocycles. The molecule has 0 saturated carbocycles. The fourth-order valence-corrected chi connectivity index (χ4v) is 3.51. The number of rotatable bonds is 7. The first-order chi connectivity index (χ1) is 17.4. The Balaban J connectivity index is 1.49. The topological polar surface area (TPSA) is 114 Å². The number of carbonyl (C=O) groups is 4. The lowest BCUT2D eigenvalue weighted by molar-refractivity contribution is -0.122. The lowest BCUT2D eigenvalue weighted by Crippen LogP contribution is -2.54. The molecule has 0 aromatic heterocycles. The summed E-state index contributed by atoms with van der Waals surface area (Å²) in [6, 6.07) is 19.6. The number of nitrogens with zero attached hydrogens (tertiary/aromatic N) is 1. The number of nitrogens with one attached hydrogen (secondary N) is 2. The molecule has 1 aliphatic heterocycles. The number of hydrogen-bond donors (Lipinski definition) is 2. The number of aryl methyl sites for hydroxylation is 1. The Morgan fingerprint density at radius 1 is 0.972 bits per heavy atom. The second-order valence-corrected chi connectivity index (χ2v) is 7.91. The number of ether oxygens (including phenoxy) is 2. The quantitative estimate of drug-likeness (QED) is 0.390. The number of benzene rings is 3. The third-order valence-corrected chi connectivity index (χ3v) is 5.31. The second kappa shape index (κ2) is 10.6. The van der Waals surface area contributed by atoms with E-state index in [4.69, 9.17) is 9.47 Å². The Morgan fingerprint density at radius 2 is 1.69 bits per heavy atom. The van der Waals surface area contributed by atoms with Crippen LogP contribution in [0.4, 0.5) is 16.2 Å². The minimum atomic E-state index is -0.821. The zero-order valence-electron chi connectivity index (χ0n) is 19.6. The van der Waals surface area contributed by atoms with Gasteiger partial charge < -0.3 is 14.8 Å². The highest BCUT2D eigenvalue weighted by molar-refractivity contribution is 6.39. The van der Waals surface area contributed by atoms with Gasteiger partial charge in [-0.25, -0.2) is 9.69 Å². The Bertz CT molecular complexity index is 1350. The number of urea groups is 1. The molecule has 0 spiro atoms. The lowest BCUT2D eigenvalue weighted by Gasteiger charge is -2.26. The van der Waals surface area contributed by atoms with Crippen molar-refractivity contribution in [2.45, 2.75) is 6.92 Å². The van der Waals surface area contributed by atoms with Crippen LogP contribution < -0.4 is 25.0 Å². The molecule has 182 valence electrons. The van der Waals surface area contributed by atoms with Gasteiger partial charge in [-0.1, -0.05) is 42.0 Å². The Kier molecular flexibility index (Phi) is 7.10. The average molecular weight is 485 g/mol. The van der Waals surface area contributed by atoms with E-state index in [1.54, 1.807) is 60.7 Å². The smallest absolute Gasteiger partial charge is 0.335 e. The highest BCUT2D eigenvalue weighted by Crippen LogP contribution is 2.30. The molecule has 3 aromatic carbocycles. The van der Waals surface area contributed by atoms with Gasteiger partial charge >= 0.3 is 6.03 Å². The van der Waals surface area contributed by atoms with Crippen molar-refractivity contribution < 1.29 is 28.7 Å². The van der Waals surface area contributed by atoms with Crippen molar-refractivity contribution in [2.24, 2.45) is 0 Å². The fraction of sp³-hybridized carbons (Fsp3) is 0.111. The molecule has 36 heavy (non-hydrogen) atoms. The fourth-order valence-electron chi connectivity index (χ4n) is 3.51. The molecule has 5 amide bonds. The summed E-state index contributed by atoms with van der Waals surface area (Å²) in [5, 5.41) is 4.93. The first-order valence-electron chi connectivity index (χ1n) is 11.0. The van der Waals surface area contributed by atoms with E-state index >= 15 is 0 Å². The summed E-state index contributed by atoms with van der Waals surface area (Å²) >= 11 is 0. The minimum absolute atomic E-state index is 0.216. The van der Waals surface area contributed by atoms with Gasteiger partial charge in [0, 0.05) is 5.69 Å². The summed E-state index contributed by atoms with van der Waals surface area (Å²) in [7, 11) is 1.43. The lowest BCUT2D eigenvalue weighted by atomic mass is 10.1. The van der Waals surface area contributed by atoms with Crippen molar-refractivity contribution in [1.29, 1.82) is 0 Å². The van der Waals surface area contributed by atoms with Crippen LogP contribution >= 0.6 is 0 Å². The van der Waals surface area contributed by atoms with Crippen LogP contribution in [0.1, 0.15) is 11.1 Å². The van der Waals surface area contributed by atoms with Crippen LogP contribution in [0, 0.1) is 6.92 Å². The summed E-state index contributed by atoms with van der Waals surface area (Å²) in [5.41, 5.74) is 2.32. The van der Waals surface area contributed by atoms with E-state index < -0.39 is 17.8 Å². The van der Waals surface area contributed by atoms with Crippen LogP contribution in [0.3, 0.4) is 0 Å². The van der Waals surface area contributed by atoms with Gasteiger partial charge in [-0.15, -0.1) is 0 Å². The Labute approximate surface area is 207 Å². The molecule has 3 aromatic rings. The first kappa shape index (κ1) is 24.2. The number of barbiturate groups is 1. The van der Waals surface area contributed by atoms with Crippen molar-refractivity contribution in [3.63, 3.8) is 0 Å². The maximum Gasteiger partial charge on any atom is 0.335 e. The van der Waals surface area contributed by atoms with E-state index in [2.05, 4.69) is 10.6 Å². The molecule has 1 saturated heterocycles. The highest BCUT2D eigenvalue weighted by Gasteiger charge is 2.36. The van der Waals surface area contributed by atoms with Gasteiger partial charge in [-0.3, -0.25) is 19.7 Å². The predicted octanol–water partition coefficient (Wildman–Crippen LogP) is 3.69. The van der Waals surface area contributed by atoms with Crippen LogP contribution in [0.2, 0.25) is 0 Å². The summed E-state index contributed by atoms with van der Waals surface area (Å²) in [5.74, 6) is -1.29. The van der Waals surface area contributed by atoms with Gasteiger partial charge in [-0.2, -0.15) is 0 Å². The van der Waals surface area contributed by atoms with Crippen LogP contribution in [0.25, 0.3) is 6.08 Å². The monoisotopic (exact) mass is 485 g/mol. The number of imide groups is 2. The maximum absolute atomic E-state index is 13.0. The van der Waals surface area contributed by atoms with Crippen molar-refractivity contribution in [3.8, 4) is 11.5 Å². The summed E-state index contributed by atoms with van der Waals surface area (Å²) < 4.78 is 11.0. The zero-order valence-corrected chi connectivity index (χ0v) is 19.6. The zero-order chi connectivity index (χ0) is 25.7. The van der Waals surface area contributed by atoms with Crippen LogP contribution in [-0.2, 0) is 14.4 Å². The maximum atomic E-state index is 13.0. The van der Waals surface area contributed by atoms with E-state index in [1.165, 1.54) is 13.2 Å². The van der Waals surface area contributed by atoms with Gasteiger partial charge in [0.15, 0.2) is 18.1 Å². The molecule has 1 fully saturated rings. The minimum Gasteiger partial charge on any atom is -0.493 e. The van der Waals surface area contributed by atoms with Crippen molar-refractivity contribution in [3.05, 3.63) is 89.5 Å². The molecule has 0 unspecified atom stereocenters. The molecule has 2 N–H and O–H groups in total. The van der Waals surface area contributed by atoms with Gasteiger partial charge in [0.2, 0.25) is 0 Å².